The van der Waals surface area contributed by atoms with Crippen LogP contribution in [-0.2, 0) is 0 Å². The van der Waals surface area contributed by atoms with E-state index in [2.05, 4.69) is 22.9 Å². The van der Waals surface area contributed by atoms with Crippen molar-refractivity contribution in [1.29, 1.82) is 0 Å². The molecule has 0 bridgehead atoms. The van der Waals surface area contributed by atoms with Crippen molar-refractivity contribution in [3.05, 3.63) is 28.2 Å². The molecule has 1 amide bonds. The highest BCUT2D eigenvalue weighted by molar-refractivity contribution is 9.10. The molecule has 2 rings (SSSR count). The Bertz CT molecular complexity index is 459. The lowest BCUT2D eigenvalue weighted by Crippen LogP contribution is -2.43. The summed E-state index contributed by atoms with van der Waals surface area (Å²) >= 11 is 3.35. The van der Waals surface area contributed by atoms with Gasteiger partial charge in [-0.3, -0.25) is 4.79 Å². The van der Waals surface area contributed by atoms with Crippen molar-refractivity contribution in [3.63, 3.8) is 0 Å². The lowest BCUT2D eigenvalue weighted by Gasteiger charge is -2.36. The molecule has 1 aromatic rings. The molecule has 0 radical (unpaired) electrons. The third-order valence-electron chi connectivity index (χ3n) is 3.70. The SMILES string of the molecule is CCCC1CCCCN1C(=O)c1cc(Br)ccc1O. The molecule has 0 aliphatic carbocycles. The third kappa shape index (κ3) is 3.30. The van der Waals surface area contributed by atoms with Crippen molar-refractivity contribution in [2.75, 3.05) is 6.54 Å². The molecular formula is C15H20BrNO2. The van der Waals surface area contributed by atoms with Gasteiger partial charge in [-0.2, -0.15) is 0 Å². The second-order valence-electron chi connectivity index (χ2n) is 5.10. The molecule has 104 valence electrons. The predicted octanol–water partition coefficient (Wildman–Crippen LogP) is 3.95. The number of benzene rings is 1. The van der Waals surface area contributed by atoms with Gasteiger partial charge in [0.15, 0.2) is 0 Å². The van der Waals surface area contributed by atoms with Gasteiger partial charge >= 0.3 is 0 Å². The number of hydrogen-bond acceptors (Lipinski definition) is 2. The average molecular weight is 326 g/mol. The van der Waals surface area contributed by atoms with Gasteiger partial charge in [0.05, 0.1) is 5.56 Å². The van der Waals surface area contributed by atoms with E-state index in [4.69, 9.17) is 0 Å². The van der Waals surface area contributed by atoms with Crippen molar-refractivity contribution < 1.29 is 9.90 Å². The first kappa shape index (κ1) is 14.4. The second kappa shape index (κ2) is 6.42. The molecular weight excluding hydrogens is 306 g/mol. The topological polar surface area (TPSA) is 40.5 Å². The summed E-state index contributed by atoms with van der Waals surface area (Å²) < 4.78 is 0.817. The quantitative estimate of drug-likeness (QED) is 0.914. The van der Waals surface area contributed by atoms with E-state index >= 15 is 0 Å². The number of piperidine rings is 1. The number of rotatable bonds is 3. The van der Waals surface area contributed by atoms with Gasteiger partial charge < -0.3 is 10.0 Å². The molecule has 1 saturated heterocycles. The minimum atomic E-state index is -0.0445. The van der Waals surface area contributed by atoms with Crippen LogP contribution in [0.15, 0.2) is 22.7 Å². The summed E-state index contributed by atoms with van der Waals surface area (Å²) in [4.78, 5) is 14.5. The van der Waals surface area contributed by atoms with Crippen LogP contribution in [-0.4, -0.2) is 28.5 Å². The van der Waals surface area contributed by atoms with E-state index in [0.29, 0.717) is 11.6 Å². The highest BCUT2D eigenvalue weighted by Crippen LogP contribution is 2.27. The molecule has 19 heavy (non-hydrogen) atoms. The number of nitrogens with zero attached hydrogens (tertiary/aromatic N) is 1. The Balaban J connectivity index is 2.23. The van der Waals surface area contributed by atoms with Crippen molar-refractivity contribution in [1.82, 2.24) is 4.90 Å². The summed E-state index contributed by atoms with van der Waals surface area (Å²) in [7, 11) is 0. The summed E-state index contributed by atoms with van der Waals surface area (Å²) in [6.45, 7) is 2.95. The molecule has 0 saturated carbocycles. The van der Waals surface area contributed by atoms with Crippen LogP contribution < -0.4 is 0 Å². The van der Waals surface area contributed by atoms with Gasteiger partial charge in [0.1, 0.15) is 5.75 Å². The first-order valence-electron chi connectivity index (χ1n) is 6.93. The zero-order valence-electron chi connectivity index (χ0n) is 11.2. The van der Waals surface area contributed by atoms with Gasteiger partial charge in [-0.25, -0.2) is 0 Å². The highest BCUT2D eigenvalue weighted by atomic mass is 79.9. The van der Waals surface area contributed by atoms with Gasteiger partial charge in [0.25, 0.3) is 5.91 Å². The standard InChI is InChI=1S/C15H20BrNO2/c1-2-5-12-6-3-4-9-17(12)15(19)13-10-11(16)7-8-14(13)18/h7-8,10,12,18H,2-6,9H2,1H3. The van der Waals surface area contributed by atoms with E-state index in [1.165, 1.54) is 6.42 Å². The first-order valence-corrected chi connectivity index (χ1v) is 7.72. The second-order valence-corrected chi connectivity index (χ2v) is 6.01. The van der Waals surface area contributed by atoms with Gasteiger partial charge in [0.2, 0.25) is 0 Å². The summed E-state index contributed by atoms with van der Waals surface area (Å²) in [6.07, 6.45) is 5.45. The van der Waals surface area contributed by atoms with Crippen molar-refractivity contribution in [2.24, 2.45) is 0 Å². The molecule has 1 heterocycles. The van der Waals surface area contributed by atoms with Gasteiger partial charge in [0, 0.05) is 17.1 Å². The number of likely N-dealkylation sites (tertiary alicyclic amines) is 1. The number of aromatic hydroxyl groups is 1. The summed E-state index contributed by atoms with van der Waals surface area (Å²) in [5.74, 6) is 0.0194. The smallest absolute Gasteiger partial charge is 0.257 e. The number of phenolic OH excluding ortho intramolecular Hbond substituents is 1. The Morgan fingerprint density at radius 3 is 3.00 bits per heavy atom. The average Bonchev–Trinajstić information content (AvgIpc) is 2.42. The molecule has 0 aromatic heterocycles. The Morgan fingerprint density at radius 1 is 1.47 bits per heavy atom. The van der Waals surface area contributed by atoms with Crippen molar-refractivity contribution in [3.8, 4) is 5.75 Å². The predicted molar refractivity (Wildman–Crippen MR) is 79.4 cm³/mol. The fourth-order valence-electron chi connectivity index (χ4n) is 2.74. The molecule has 3 nitrogen and oxygen atoms in total. The monoisotopic (exact) mass is 325 g/mol. The molecule has 1 atom stereocenters. The lowest BCUT2D eigenvalue weighted by molar-refractivity contribution is 0.0597. The van der Waals surface area contributed by atoms with E-state index in [1.807, 2.05) is 4.90 Å². The largest absolute Gasteiger partial charge is 0.507 e. The highest BCUT2D eigenvalue weighted by Gasteiger charge is 2.28. The minimum Gasteiger partial charge on any atom is -0.507 e. The van der Waals surface area contributed by atoms with Crippen LogP contribution in [0.5, 0.6) is 5.75 Å². The number of halogens is 1. The molecule has 1 unspecified atom stereocenters. The van der Waals surface area contributed by atoms with Crippen LogP contribution in [0.25, 0.3) is 0 Å². The van der Waals surface area contributed by atoms with E-state index in [0.717, 1.165) is 36.7 Å². The molecule has 1 aliphatic heterocycles. The fourth-order valence-corrected chi connectivity index (χ4v) is 3.10. The zero-order valence-corrected chi connectivity index (χ0v) is 12.8. The van der Waals surface area contributed by atoms with E-state index < -0.39 is 0 Å². The van der Waals surface area contributed by atoms with Gasteiger partial charge in [-0.15, -0.1) is 0 Å². The van der Waals surface area contributed by atoms with Crippen LogP contribution in [0.1, 0.15) is 49.4 Å². The van der Waals surface area contributed by atoms with Crippen molar-refractivity contribution in [2.45, 2.75) is 45.1 Å². The summed E-state index contributed by atoms with van der Waals surface area (Å²) in [5, 5.41) is 9.88. The number of carbonyl (C=O) groups is 1. The van der Waals surface area contributed by atoms with E-state index in [-0.39, 0.29) is 11.7 Å². The maximum absolute atomic E-state index is 12.6. The number of amides is 1. The molecule has 1 N–H and O–H groups in total. The van der Waals surface area contributed by atoms with E-state index in [9.17, 15) is 9.90 Å². The van der Waals surface area contributed by atoms with Crippen LogP contribution in [0.2, 0.25) is 0 Å². The van der Waals surface area contributed by atoms with Crippen LogP contribution in [0, 0.1) is 0 Å². The normalized spacial score (nSPS) is 19.5. The Labute approximate surface area is 122 Å². The van der Waals surface area contributed by atoms with E-state index in [1.54, 1.807) is 18.2 Å². The Morgan fingerprint density at radius 2 is 2.26 bits per heavy atom. The lowest BCUT2D eigenvalue weighted by atomic mass is 9.97. The van der Waals surface area contributed by atoms with Gasteiger partial charge in [-0.05, 0) is 43.9 Å². The summed E-state index contributed by atoms with van der Waals surface area (Å²) in [6, 6.07) is 5.33. The molecule has 4 heteroatoms. The summed E-state index contributed by atoms with van der Waals surface area (Å²) in [5.41, 5.74) is 0.400. The Kier molecular flexibility index (Phi) is 4.86. The molecule has 1 aromatic carbocycles. The van der Waals surface area contributed by atoms with Crippen LogP contribution >= 0.6 is 15.9 Å². The first-order chi connectivity index (χ1) is 9.13. The minimum absolute atomic E-state index is 0.0445. The Hall–Kier alpha value is -1.03. The number of carbonyl (C=O) groups excluding carboxylic acids is 1. The maximum atomic E-state index is 12.6. The molecule has 0 spiro atoms. The molecule has 1 aliphatic rings. The zero-order chi connectivity index (χ0) is 13.8. The third-order valence-corrected chi connectivity index (χ3v) is 4.19. The number of phenols is 1. The maximum Gasteiger partial charge on any atom is 0.257 e. The number of hydrogen-bond donors (Lipinski definition) is 1. The van der Waals surface area contributed by atoms with Crippen molar-refractivity contribution >= 4 is 21.8 Å². The van der Waals surface area contributed by atoms with Crippen LogP contribution in [0.3, 0.4) is 0 Å². The van der Waals surface area contributed by atoms with Gasteiger partial charge in [-0.1, -0.05) is 29.3 Å². The molecule has 1 fully saturated rings. The fraction of sp³-hybridized carbons (Fsp3) is 0.533. The van der Waals surface area contributed by atoms with Crippen LogP contribution in [0.4, 0.5) is 0 Å².